The van der Waals surface area contributed by atoms with E-state index in [1.54, 1.807) is 12.1 Å². The van der Waals surface area contributed by atoms with Crippen LogP contribution in [0, 0.1) is 5.82 Å². The van der Waals surface area contributed by atoms with Crippen molar-refractivity contribution in [3.05, 3.63) is 78.1 Å². The van der Waals surface area contributed by atoms with Gasteiger partial charge in [-0.3, -0.25) is 4.79 Å². The Morgan fingerprint density at radius 3 is 2.56 bits per heavy atom. The summed E-state index contributed by atoms with van der Waals surface area (Å²) in [6.07, 6.45) is 0. The van der Waals surface area contributed by atoms with Gasteiger partial charge in [0, 0.05) is 17.2 Å². The van der Waals surface area contributed by atoms with E-state index in [2.05, 4.69) is 20.7 Å². The van der Waals surface area contributed by atoms with E-state index in [-0.39, 0.29) is 24.0 Å². The topological polar surface area (TPSA) is 94.1 Å². The molecule has 0 unspecified atom stereocenters. The molecule has 0 bridgehead atoms. The zero-order chi connectivity index (χ0) is 18.6. The Labute approximate surface area is 152 Å². The summed E-state index contributed by atoms with van der Waals surface area (Å²) >= 11 is 0. The van der Waals surface area contributed by atoms with Crippen molar-refractivity contribution >= 4 is 5.91 Å². The second-order valence-electron chi connectivity index (χ2n) is 5.63. The van der Waals surface area contributed by atoms with Crippen molar-refractivity contribution in [2.45, 2.75) is 6.54 Å². The number of hydrogen-bond donors (Lipinski definition) is 1. The number of amides is 1. The van der Waals surface area contributed by atoms with Crippen LogP contribution < -0.4 is 5.32 Å². The molecule has 1 N–H and O–H groups in total. The van der Waals surface area contributed by atoms with Crippen LogP contribution in [0.3, 0.4) is 0 Å². The molecule has 27 heavy (non-hydrogen) atoms. The second kappa shape index (κ2) is 7.20. The van der Waals surface area contributed by atoms with Crippen LogP contribution in [-0.2, 0) is 6.54 Å². The Balaban J connectivity index is 1.40. The third kappa shape index (κ3) is 3.74. The highest BCUT2D eigenvalue weighted by atomic mass is 19.1. The molecule has 4 rings (SSSR count). The third-order valence-corrected chi connectivity index (χ3v) is 3.76. The fourth-order valence-corrected chi connectivity index (χ4v) is 2.40. The summed E-state index contributed by atoms with van der Waals surface area (Å²) in [6, 6.07) is 16.5. The highest BCUT2D eigenvalue weighted by Crippen LogP contribution is 2.20. The number of carbonyl (C=O) groups is 1. The molecule has 134 valence electrons. The van der Waals surface area contributed by atoms with Crippen LogP contribution in [0.15, 0.2) is 69.6 Å². The second-order valence-corrected chi connectivity index (χ2v) is 5.63. The maximum atomic E-state index is 13.0. The van der Waals surface area contributed by atoms with Crippen molar-refractivity contribution < 1.29 is 18.1 Å². The number of nitrogens with one attached hydrogen (secondary N) is 1. The van der Waals surface area contributed by atoms with Crippen LogP contribution in [0.1, 0.15) is 16.4 Å². The van der Waals surface area contributed by atoms with Crippen LogP contribution >= 0.6 is 0 Å². The quantitative estimate of drug-likeness (QED) is 0.583. The van der Waals surface area contributed by atoms with Gasteiger partial charge in [-0.2, -0.15) is 0 Å². The Bertz CT molecular complexity index is 1060. The molecule has 0 fully saturated rings. The van der Waals surface area contributed by atoms with Crippen molar-refractivity contribution in [3.8, 4) is 22.7 Å². The van der Waals surface area contributed by atoms with Gasteiger partial charge in [-0.15, -0.1) is 10.2 Å². The molecular formula is C19H13FN4O3. The minimum Gasteiger partial charge on any atom is -0.419 e. The van der Waals surface area contributed by atoms with E-state index in [0.29, 0.717) is 17.1 Å². The van der Waals surface area contributed by atoms with Gasteiger partial charge in [0.25, 0.3) is 5.91 Å². The normalized spacial score (nSPS) is 10.7. The van der Waals surface area contributed by atoms with Gasteiger partial charge in [-0.05, 0) is 36.4 Å². The predicted molar refractivity (Wildman–Crippen MR) is 92.8 cm³/mol. The maximum Gasteiger partial charge on any atom is 0.290 e. The van der Waals surface area contributed by atoms with E-state index in [1.165, 1.54) is 18.2 Å². The Kier molecular flexibility index (Phi) is 4.44. The first-order valence-electron chi connectivity index (χ1n) is 8.08. The number of aromatic nitrogens is 3. The van der Waals surface area contributed by atoms with E-state index >= 15 is 0 Å². The first-order chi connectivity index (χ1) is 13.2. The van der Waals surface area contributed by atoms with Crippen LogP contribution in [0.4, 0.5) is 4.39 Å². The third-order valence-electron chi connectivity index (χ3n) is 3.76. The van der Waals surface area contributed by atoms with Crippen LogP contribution in [-0.4, -0.2) is 21.3 Å². The molecule has 1 amide bonds. The van der Waals surface area contributed by atoms with E-state index in [0.717, 1.165) is 5.56 Å². The lowest BCUT2D eigenvalue weighted by Crippen LogP contribution is -2.22. The molecule has 0 aliphatic heterocycles. The van der Waals surface area contributed by atoms with Gasteiger partial charge in [-0.25, -0.2) is 4.39 Å². The van der Waals surface area contributed by atoms with Gasteiger partial charge in [0.15, 0.2) is 0 Å². The summed E-state index contributed by atoms with van der Waals surface area (Å²) in [6.45, 7) is 0.0469. The van der Waals surface area contributed by atoms with E-state index in [9.17, 15) is 9.18 Å². The summed E-state index contributed by atoms with van der Waals surface area (Å²) in [5, 5.41) is 14.3. The molecule has 2 heterocycles. The number of carbonyl (C=O) groups excluding carboxylic acids is 1. The van der Waals surface area contributed by atoms with E-state index in [4.69, 9.17) is 8.94 Å². The minimum absolute atomic E-state index is 0.0251. The fraction of sp³-hybridized carbons (Fsp3) is 0.0526. The molecule has 0 saturated carbocycles. The van der Waals surface area contributed by atoms with Crippen LogP contribution in [0.5, 0.6) is 0 Å². The zero-order valence-corrected chi connectivity index (χ0v) is 13.9. The van der Waals surface area contributed by atoms with Gasteiger partial charge in [0.1, 0.15) is 11.5 Å². The fourth-order valence-electron chi connectivity index (χ4n) is 2.40. The lowest BCUT2D eigenvalue weighted by molar-refractivity contribution is 0.0910. The molecule has 0 radical (unpaired) electrons. The monoisotopic (exact) mass is 364 g/mol. The molecule has 0 saturated heterocycles. The molecule has 8 heteroatoms. The maximum absolute atomic E-state index is 13.0. The standard InChI is InChI=1S/C19H13FN4O3/c20-14-8-6-12(7-9-14)15-10-16(27-24-15)18(25)21-11-17-22-23-19(26-17)13-4-2-1-3-5-13/h1-10H,11H2,(H,21,25). The summed E-state index contributed by atoms with van der Waals surface area (Å²) in [5.41, 5.74) is 1.87. The molecule has 7 nitrogen and oxygen atoms in total. The molecular weight excluding hydrogens is 351 g/mol. The summed E-state index contributed by atoms with van der Waals surface area (Å²) < 4.78 is 23.6. The first-order valence-corrected chi connectivity index (χ1v) is 8.08. The Morgan fingerprint density at radius 1 is 1.00 bits per heavy atom. The molecule has 4 aromatic rings. The first kappa shape index (κ1) is 16.6. The van der Waals surface area contributed by atoms with Gasteiger partial charge in [0.05, 0.1) is 6.54 Å². The van der Waals surface area contributed by atoms with Gasteiger partial charge < -0.3 is 14.3 Å². The van der Waals surface area contributed by atoms with Crippen molar-refractivity contribution in [2.75, 3.05) is 0 Å². The largest absolute Gasteiger partial charge is 0.419 e. The average molecular weight is 364 g/mol. The van der Waals surface area contributed by atoms with Crippen molar-refractivity contribution in [1.29, 1.82) is 0 Å². The smallest absolute Gasteiger partial charge is 0.290 e. The van der Waals surface area contributed by atoms with Gasteiger partial charge in [-0.1, -0.05) is 23.4 Å². The summed E-state index contributed by atoms with van der Waals surface area (Å²) in [7, 11) is 0. The number of benzene rings is 2. The average Bonchev–Trinajstić information content (AvgIpc) is 3.37. The molecule has 0 atom stereocenters. The number of nitrogens with zero attached hydrogens (tertiary/aromatic N) is 3. The summed E-state index contributed by atoms with van der Waals surface area (Å²) in [4.78, 5) is 12.2. The van der Waals surface area contributed by atoms with Crippen LogP contribution in [0.2, 0.25) is 0 Å². The van der Waals surface area contributed by atoms with Crippen molar-refractivity contribution in [1.82, 2.24) is 20.7 Å². The molecule has 2 aromatic heterocycles. The van der Waals surface area contributed by atoms with E-state index in [1.807, 2.05) is 30.3 Å². The van der Waals surface area contributed by atoms with Crippen molar-refractivity contribution in [2.24, 2.45) is 0 Å². The van der Waals surface area contributed by atoms with E-state index < -0.39 is 5.91 Å². The Hall–Kier alpha value is -3.81. The number of rotatable bonds is 5. The molecule has 0 spiro atoms. The predicted octanol–water partition coefficient (Wildman–Crippen LogP) is 3.46. The van der Waals surface area contributed by atoms with Gasteiger partial charge in [0.2, 0.25) is 17.5 Å². The lowest BCUT2D eigenvalue weighted by Gasteiger charge is -1.97. The highest BCUT2D eigenvalue weighted by molar-refractivity contribution is 5.92. The SMILES string of the molecule is O=C(NCc1nnc(-c2ccccc2)o1)c1cc(-c2ccc(F)cc2)no1. The van der Waals surface area contributed by atoms with Crippen LogP contribution in [0.25, 0.3) is 22.7 Å². The lowest BCUT2D eigenvalue weighted by atomic mass is 10.1. The van der Waals surface area contributed by atoms with Gasteiger partial charge >= 0.3 is 0 Å². The molecule has 0 aliphatic rings. The molecule has 2 aromatic carbocycles. The zero-order valence-electron chi connectivity index (χ0n) is 13.9. The summed E-state index contributed by atoms with van der Waals surface area (Å²) in [5.74, 6) is -0.166. The molecule has 0 aliphatic carbocycles. The Morgan fingerprint density at radius 2 is 1.78 bits per heavy atom. The highest BCUT2D eigenvalue weighted by Gasteiger charge is 2.15. The number of halogens is 1. The van der Waals surface area contributed by atoms with Crippen molar-refractivity contribution in [3.63, 3.8) is 0 Å². The number of hydrogen-bond acceptors (Lipinski definition) is 6. The minimum atomic E-state index is -0.477.